The van der Waals surface area contributed by atoms with Gasteiger partial charge in [0.1, 0.15) is 18.0 Å². The van der Waals surface area contributed by atoms with Gasteiger partial charge in [0.25, 0.3) is 0 Å². The molecule has 0 amide bonds. The topological polar surface area (TPSA) is 151 Å². The Bertz CT molecular complexity index is 1090. The molecular formula is C19H19BrFN3O7. The summed E-state index contributed by atoms with van der Waals surface area (Å²) in [5, 5.41) is 33.3. The first kappa shape index (κ1) is 23.0. The number of rotatable bonds is 6. The minimum absolute atomic E-state index is 0.00157. The van der Waals surface area contributed by atoms with Gasteiger partial charge in [-0.25, -0.2) is 9.18 Å². The molecule has 0 saturated carbocycles. The van der Waals surface area contributed by atoms with E-state index in [4.69, 9.17) is 4.74 Å². The molecule has 1 aromatic heterocycles. The van der Waals surface area contributed by atoms with Crippen molar-refractivity contribution >= 4 is 39.0 Å². The molecule has 1 aromatic carbocycles. The normalized spacial score (nSPS) is 26.5. The van der Waals surface area contributed by atoms with Crippen LogP contribution in [-0.2, 0) is 14.3 Å². The standard InChI is InChI=1S/C19H19BrFN3O7/c1-8(25)13(28)15-19(30,9(2)26)14(21)17(31-15)24-7-10(20)16(23-18(24)29)22-11-5-3-4-6-12(11)27/h3-7,13-15,17,27-28,30H,1-2H3,(H,22,23,29)/t13?,14?,15-,17-,19+/m1/s1. The molecule has 2 aromatic rings. The molecule has 166 valence electrons. The summed E-state index contributed by atoms with van der Waals surface area (Å²) in [5.74, 6) is -2.04. The zero-order valence-corrected chi connectivity index (χ0v) is 17.9. The number of ketones is 2. The number of carbonyl (C=O) groups excluding carboxylic acids is 2. The van der Waals surface area contributed by atoms with Crippen LogP contribution >= 0.6 is 15.9 Å². The van der Waals surface area contributed by atoms with Crippen molar-refractivity contribution in [3.05, 3.63) is 45.4 Å². The molecule has 4 N–H and O–H groups in total. The summed E-state index contributed by atoms with van der Waals surface area (Å²) in [5.41, 5.74) is -3.62. The van der Waals surface area contributed by atoms with Gasteiger partial charge in [-0.05, 0) is 41.9 Å². The molecule has 2 unspecified atom stereocenters. The third-order valence-corrected chi connectivity index (χ3v) is 5.58. The van der Waals surface area contributed by atoms with Gasteiger partial charge in [-0.3, -0.25) is 14.2 Å². The quantitative estimate of drug-likeness (QED) is 0.425. The van der Waals surface area contributed by atoms with Gasteiger partial charge < -0.3 is 25.4 Å². The van der Waals surface area contributed by atoms with Gasteiger partial charge in [-0.2, -0.15) is 4.98 Å². The Morgan fingerprint density at radius 2 is 2.00 bits per heavy atom. The van der Waals surface area contributed by atoms with E-state index in [0.29, 0.717) is 4.57 Å². The Balaban J connectivity index is 2.00. The second-order valence-electron chi connectivity index (χ2n) is 7.06. The zero-order chi connectivity index (χ0) is 23.1. The number of anilines is 2. The average Bonchev–Trinajstić information content (AvgIpc) is 2.98. The minimum Gasteiger partial charge on any atom is -0.506 e. The van der Waals surface area contributed by atoms with E-state index >= 15 is 4.39 Å². The number of alkyl halides is 1. The molecule has 1 fully saturated rings. The number of carbonyl (C=O) groups is 2. The molecule has 0 bridgehead atoms. The average molecular weight is 500 g/mol. The maximum absolute atomic E-state index is 15.2. The number of nitrogens with zero attached hydrogens (tertiary/aromatic N) is 2. The molecule has 1 aliphatic heterocycles. The van der Waals surface area contributed by atoms with Crippen LogP contribution < -0.4 is 11.0 Å². The number of nitrogens with one attached hydrogen (secondary N) is 1. The number of halogens is 2. The number of benzene rings is 1. The number of ether oxygens (including phenoxy) is 1. The van der Waals surface area contributed by atoms with Gasteiger partial charge in [0.05, 0.1) is 10.2 Å². The summed E-state index contributed by atoms with van der Waals surface area (Å²) in [6, 6.07) is 6.19. The Morgan fingerprint density at radius 3 is 2.58 bits per heavy atom. The van der Waals surface area contributed by atoms with Gasteiger partial charge in [0.15, 0.2) is 35.4 Å². The number of aliphatic hydroxyl groups excluding tert-OH is 1. The molecule has 0 spiro atoms. The predicted molar refractivity (Wildman–Crippen MR) is 109 cm³/mol. The Kier molecular flexibility index (Phi) is 6.28. The molecule has 31 heavy (non-hydrogen) atoms. The van der Waals surface area contributed by atoms with E-state index < -0.39 is 47.5 Å². The number of phenolic OH excluding ortho intramolecular Hbond substituents is 1. The van der Waals surface area contributed by atoms with Crippen molar-refractivity contribution in [1.29, 1.82) is 0 Å². The fourth-order valence-corrected chi connectivity index (χ4v) is 3.66. The molecular weight excluding hydrogens is 481 g/mol. The number of aromatic nitrogens is 2. The third-order valence-electron chi connectivity index (χ3n) is 5.00. The lowest BCUT2D eigenvalue weighted by Crippen LogP contribution is -2.57. The lowest BCUT2D eigenvalue weighted by atomic mass is 9.85. The number of hydrogen-bond donors (Lipinski definition) is 4. The summed E-state index contributed by atoms with van der Waals surface area (Å²) in [4.78, 5) is 39.9. The smallest absolute Gasteiger partial charge is 0.351 e. The molecule has 0 aliphatic carbocycles. The summed E-state index contributed by atoms with van der Waals surface area (Å²) >= 11 is 3.18. The van der Waals surface area contributed by atoms with Crippen LogP contribution in [0.25, 0.3) is 0 Å². The van der Waals surface area contributed by atoms with Crippen molar-refractivity contribution in [3.8, 4) is 5.75 Å². The highest BCUT2D eigenvalue weighted by Gasteiger charge is 2.63. The van der Waals surface area contributed by atoms with Crippen LogP contribution in [-0.4, -0.2) is 60.4 Å². The van der Waals surface area contributed by atoms with Crippen LogP contribution in [0.1, 0.15) is 20.1 Å². The van der Waals surface area contributed by atoms with Crippen LogP contribution in [0.3, 0.4) is 0 Å². The number of hydrogen-bond acceptors (Lipinski definition) is 9. The number of phenols is 1. The maximum atomic E-state index is 15.2. The van der Waals surface area contributed by atoms with Gasteiger partial charge in [0.2, 0.25) is 0 Å². The van der Waals surface area contributed by atoms with Crippen LogP contribution in [0.4, 0.5) is 15.9 Å². The number of Topliss-reactive ketones (excluding diaryl/α,β-unsaturated/α-hetero) is 2. The molecule has 10 nitrogen and oxygen atoms in total. The monoisotopic (exact) mass is 499 g/mol. The van der Waals surface area contributed by atoms with Crippen molar-refractivity contribution in [2.75, 3.05) is 5.32 Å². The lowest BCUT2D eigenvalue weighted by Gasteiger charge is -2.28. The zero-order valence-electron chi connectivity index (χ0n) is 16.3. The molecule has 2 heterocycles. The van der Waals surface area contributed by atoms with Crippen LogP contribution in [0.2, 0.25) is 0 Å². The fraction of sp³-hybridized carbons (Fsp3) is 0.368. The lowest BCUT2D eigenvalue weighted by molar-refractivity contribution is -0.160. The maximum Gasteiger partial charge on any atom is 0.351 e. The number of aromatic hydroxyl groups is 1. The Labute approximate surface area is 183 Å². The number of aliphatic hydroxyl groups is 2. The first-order valence-corrected chi connectivity index (χ1v) is 9.83. The molecule has 1 saturated heterocycles. The van der Waals surface area contributed by atoms with Crippen molar-refractivity contribution < 1.29 is 34.0 Å². The van der Waals surface area contributed by atoms with E-state index in [1.807, 2.05) is 0 Å². The van der Waals surface area contributed by atoms with E-state index in [1.54, 1.807) is 12.1 Å². The molecule has 12 heteroatoms. The van der Waals surface area contributed by atoms with Crippen LogP contribution in [0.5, 0.6) is 5.75 Å². The van der Waals surface area contributed by atoms with Crippen LogP contribution in [0.15, 0.2) is 39.7 Å². The Hall–Kier alpha value is -2.67. The van der Waals surface area contributed by atoms with Crippen LogP contribution in [0, 0.1) is 0 Å². The van der Waals surface area contributed by atoms with Gasteiger partial charge in [0, 0.05) is 6.20 Å². The summed E-state index contributed by atoms with van der Waals surface area (Å²) in [7, 11) is 0. The second kappa shape index (κ2) is 8.46. The largest absolute Gasteiger partial charge is 0.506 e. The van der Waals surface area contributed by atoms with E-state index in [1.165, 1.54) is 12.1 Å². The molecule has 1 aliphatic rings. The van der Waals surface area contributed by atoms with E-state index in [9.17, 15) is 29.7 Å². The molecule has 0 radical (unpaired) electrons. The fourth-order valence-electron chi connectivity index (χ4n) is 3.25. The first-order chi connectivity index (χ1) is 14.5. The van der Waals surface area contributed by atoms with Crippen molar-refractivity contribution in [1.82, 2.24) is 9.55 Å². The van der Waals surface area contributed by atoms with E-state index in [2.05, 4.69) is 26.2 Å². The van der Waals surface area contributed by atoms with Gasteiger partial charge >= 0.3 is 5.69 Å². The second-order valence-corrected chi connectivity index (χ2v) is 7.91. The van der Waals surface area contributed by atoms with Gasteiger partial charge in [-0.15, -0.1) is 0 Å². The molecule has 5 atom stereocenters. The predicted octanol–water partition coefficient (Wildman–Crippen LogP) is 0.960. The van der Waals surface area contributed by atoms with Crippen molar-refractivity contribution in [2.45, 2.75) is 44.1 Å². The first-order valence-electron chi connectivity index (χ1n) is 9.03. The van der Waals surface area contributed by atoms with Crippen molar-refractivity contribution in [2.24, 2.45) is 0 Å². The molecule has 3 rings (SSSR count). The highest BCUT2D eigenvalue weighted by molar-refractivity contribution is 9.10. The van der Waals surface area contributed by atoms with Gasteiger partial charge in [-0.1, -0.05) is 12.1 Å². The van der Waals surface area contributed by atoms with E-state index in [0.717, 1.165) is 20.0 Å². The summed E-state index contributed by atoms with van der Waals surface area (Å²) in [6.45, 7) is 1.87. The summed E-state index contributed by atoms with van der Waals surface area (Å²) in [6.07, 6.45) is -7.13. The minimum atomic E-state index is -2.85. The number of para-hydroxylation sites is 2. The summed E-state index contributed by atoms with van der Waals surface area (Å²) < 4.78 is 21.3. The third kappa shape index (κ3) is 3.99. The Morgan fingerprint density at radius 1 is 1.35 bits per heavy atom. The van der Waals surface area contributed by atoms with Crippen molar-refractivity contribution in [3.63, 3.8) is 0 Å². The highest BCUT2D eigenvalue weighted by atomic mass is 79.9. The highest BCUT2D eigenvalue weighted by Crippen LogP contribution is 2.41. The SMILES string of the molecule is CC(=O)C(O)[C@H]1O[C@@H](n2cc(Br)c(Nc3ccccc3O)nc2=O)C(F)[C@@]1(O)C(C)=O. The van der Waals surface area contributed by atoms with E-state index in [-0.39, 0.29) is 21.7 Å².